The Morgan fingerprint density at radius 2 is 1.63 bits per heavy atom. The van der Waals surface area contributed by atoms with Crippen LogP contribution in [-0.2, 0) is 27.4 Å². The molecule has 0 aliphatic heterocycles. The molecule has 0 heterocycles. The number of amides is 1. The van der Waals surface area contributed by atoms with Gasteiger partial charge in [0.05, 0.1) is 0 Å². The summed E-state index contributed by atoms with van der Waals surface area (Å²) in [5.41, 5.74) is 0.164. The van der Waals surface area contributed by atoms with Crippen LogP contribution in [0.1, 0.15) is 11.1 Å². The van der Waals surface area contributed by atoms with E-state index in [1.807, 2.05) is 5.32 Å². The van der Waals surface area contributed by atoms with Gasteiger partial charge in [0.1, 0.15) is 18.5 Å². The Kier molecular flexibility index (Phi) is 6.53. The van der Waals surface area contributed by atoms with Crippen LogP contribution < -0.4 is 5.32 Å². The third-order valence-electron chi connectivity index (χ3n) is 3.55. The first-order valence-electron chi connectivity index (χ1n) is 7.65. The van der Waals surface area contributed by atoms with E-state index < -0.39 is 53.3 Å². The molecule has 0 radical (unpaired) electrons. The van der Waals surface area contributed by atoms with Gasteiger partial charge >= 0.3 is 12.1 Å². The number of nitrogens with one attached hydrogen (secondary N) is 1. The lowest BCUT2D eigenvalue weighted by atomic mass is 10.0. The van der Waals surface area contributed by atoms with Crippen LogP contribution in [0.2, 0.25) is 0 Å². The number of ether oxygens (including phenoxy) is 1. The molecular weight excluding hydrogens is 367 g/mol. The van der Waals surface area contributed by atoms with Crippen LogP contribution in [0.3, 0.4) is 0 Å². The smallest absolute Gasteiger partial charge is 0.408 e. The summed E-state index contributed by atoms with van der Waals surface area (Å²) in [6, 6.07) is 7.53. The van der Waals surface area contributed by atoms with Crippen LogP contribution in [0.25, 0.3) is 0 Å². The van der Waals surface area contributed by atoms with Crippen LogP contribution in [0, 0.1) is 17.5 Å². The van der Waals surface area contributed by atoms with Crippen molar-refractivity contribution in [3.63, 3.8) is 0 Å². The minimum atomic E-state index is -1.88. The van der Waals surface area contributed by atoms with Gasteiger partial charge in [0.2, 0.25) is 0 Å². The minimum Gasteiger partial charge on any atom is -0.475 e. The molecule has 2 N–H and O–H groups in total. The zero-order valence-electron chi connectivity index (χ0n) is 13.7. The Morgan fingerprint density at radius 3 is 2.26 bits per heavy atom. The van der Waals surface area contributed by atoms with Crippen molar-refractivity contribution < 1.29 is 37.4 Å². The normalized spacial score (nSPS) is 11.5. The number of halogens is 3. The number of aliphatic carboxylic acids is 1. The average molecular weight is 381 g/mol. The van der Waals surface area contributed by atoms with Crippen molar-refractivity contribution in [1.29, 1.82) is 0 Å². The predicted octanol–water partition coefficient (Wildman–Crippen LogP) is 2.60. The SMILES string of the molecule is O=C(N[C@H](Cc1cc(F)c(F)cc1F)C(=O)C(=O)O)OCc1ccccc1. The van der Waals surface area contributed by atoms with Crippen molar-refractivity contribution in [2.45, 2.75) is 19.1 Å². The Labute approximate surface area is 151 Å². The first kappa shape index (κ1) is 20.0. The lowest BCUT2D eigenvalue weighted by Gasteiger charge is -2.16. The van der Waals surface area contributed by atoms with E-state index >= 15 is 0 Å². The molecular formula is C18H14F3NO5. The number of alkyl carbamates (subject to hydrolysis) is 1. The summed E-state index contributed by atoms with van der Waals surface area (Å²) in [5, 5.41) is 10.9. The molecule has 142 valence electrons. The van der Waals surface area contributed by atoms with Crippen LogP contribution in [0.4, 0.5) is 18.0 Å². The maximum absolute atomic E-state index is 13.8. The molecule has 0 bridgehead atoms. The quantitative estimate of drug-likeness (QED) is 0.568. The molecule has 0 spiro atoms. The van der Waals surface area contributed by atoms with E-state index in [2.05, 4.69) is 0 Å². The summed E-state index contributed by atoms with van der Waals surface area (Å²) in [5.74, 6) is -7.34. The molecule has 0 saturated carbocycles. The van der Waals surface area contributed by atoms with Gasteiger partial charge in [-0.2, -0.15) is 0 Å². The van der Waals surface area contributed by atoms with E-state index in [4.69, 9.17) is 9.84 Å². The fraction of sp³-hybridized carbons (Fsp3) is 0.167. The highest BCUT2D eigenvalue weighted by molar-refractivity contribution is 6.35. The minimum absolute atomic E-state index is 0.153. The first-order chi connectivity index (χ1) is 12.8. The van der Waals surface area contributed by atoms with E-state index in [1.54, 1.807) is 30.3 Å². The van der Waals surface area contributed by atoms with Gasteiger partial charge in [-0.05, 0) is 17.2 Å². The number of Topliss-reactive ketones (excluding diaryl/α,β-unsaturated/α-hetero) is 1. The Morgan fingerprint density at radius 1 is 1.00 bits per heavy atom. The molecule has 1 amide bonds. The first-order valence-corrected chi connectivity index (χ1v) is 7.65. The van der Waals surface area contributed by atoms with Gasteiger partial charge in [-0.3, -0.25) is 4.79 Å². The van der Waals surface area contributed by atoms with Gasteiger partial charge < -0.3 is 15.2 Å². The molecule has 0 aromatic heterocycles. The second-order valence-corrected chi connectivity index (χ2v) is 5.49. The molecule has 0 aliphatic rings. The maximum atomic E-state index is 13.8. The molecule has 0 unspecified atom stereocenters. The summed E-state index contributed by atoms with van der Waals surface area (Å²) in [6.45, 7) is -0.153. The van der Waals surface area contributed by atoms with Crippen molar-refractivity contribution in [1.82, 2.24) is 5.32 Å². The molecule has 9 heteroatoms. The summed E-state index contributed by atoms with van der Waals surface area (Å²) >= 11 is 0. The van der Waals surface area contributed by atoms with E-state index in [9.17, 15) is 27.6 Å². The predicted molar refractivity (Wildman–Crippen MR) is 86.2 cm³/mol. The molecule has 1 atom stereocenters. The molecule has 2 rings (SSSR count). The van der Waals surface area contributed by atoms with Crippen molar-refractivity contribution >= 4 is 17.8 Å². The number of hydrogen-bond acceptors (Lipinski definition) is 4. The van der Waals surface area contributed by atoms with Gasteiger partial charge in [0, 0.05) is 12.5 Å². The van der Waals surface area contributed by atoms with Crippen molar-refractivity contribution in [3.05, 3.63) is 71.0 Å². The topological polar surface area (TPSA) is 92.7 Å². The second-order valence-electron chi connectivity index (χ2n) is 5.49. The number of hydrogen-bond donors (Lipinski definition) is 2. The summed E-state index contributed by atoms with van der Waals surface area (Å²) in [6.07, 6.45) is -1.82. The average Bonchev–Trinajstić information content (AvgIpc) is 2.64. The number of carboxylic acids is 1. The van der Waals surface area contributed by atoms with Crippen LogP contribution in [0.5, 0.6) is 0 Å². The Bertz CT molecular complexity index is 858. The van der Waals surface area contributed by atoms with Crippen LogP contribution >= 0.6 is 0 Å². The molecule has 2 aromatic rings. The summed E-state index contributed by atoms with van der Waals surface area (Å²) in [4.78, 5) is 34.5. The lowest BCUT2D eigenvalue weighted by Crippen LogP contribution is -2.45. The zero-order valence-corrected chi connectivity index (χ0v) is 13.7. The fourth-order valence-corrected chi connectivity index (χ4v) is 2.21. The lowest BCUT2D eigenvalue weighted by molar-refractivity contribution is -0.150. The highest BCUT2D eigenvalue weighted by Crippen LogP contribution is 2.16. The third kappa shape index (κ3) is 5.56. The van der Waals surface area contributed by atoms with Crippen molar-refractivity contribution in [2.75, 3.05) is 0 Å². The molecule has 6 nitrogen and oxygen atoms in total. The highest BCUT2D eigenvalue weighted by atomic mass is 19.2. The van der Waals surface area contributed by atoms with Gasteiger partial charge in [0.25, 0.3) is 5.78 Å². The molecule has 0 fully saturated rings. The number of carboxylic acid groups (broad SMARTS) is 1. The maximum Gasteiger partial charge on any atom is 0.408 e. The van der Waals surface area contributed by atoms with Crippen molar-refractivity contribution in [2.24, 2.45) is 0 Å². The summed E-state index contributed by atoms with van der Waals surface area (Å²) < 4.78 is 44.9. The number of carbonyl (C=O) groups excluding carboxylic acids is 2. The standard InChI is InChI=1S/C18H14F3NO5/c19-12-8-14(21)13(20)6-11(12)7-15(16(23)17(24)25)22-18(26)27-9-10-4-2-1-3-5-10/h1-6,8,15H,7,9H2,(H,22,26)(H,24,25)/t15-/m1/s1. The van der Waals surface area contributed by atoms with E-state index in [-0.39, 0.29) is 12.7 Å². The number of ketones is 1. The van der Waals surface area contributed by atoms with Gasteiger partial charge in [-0.15, -0.1) is 0 Å². The number of rotatable bonds is 7. The van der Waals surface area contributed by atoms with Gasteiger partial charge in [-0.1, -0.05) is 30.3 Å². The third-order valence-corrected chi connectivity index (χ3v) is 3.55. The van der Waals surface area contributed by atoms with Gasteiger partial charge in [-0.25, -0.2) is 22.8 Å². The van der Waals surface area contributed by atoms with E-state index in [0.29, 0.717) is 11.6 Å². The van der Waals surface area contributed by atoms with E-state index in [1.165, 1.54) is 0 Å². The molecule has 0 saturated heterocycles. The molecule has 27 heavy (non-hydrogen) atoms. The second kappa shape index (κ2) is 8.84. The zero-order chi connectivity index (χ0) is 20.0. The largest absolute Gasteiger partial charge is 0.475 e. The monoisotopic (exact) mass is 381 g/mol. The van der Waals surface area contributed by atoms with Crippen LogP contribution in [0.15, 0.2) is 42.5 Å². The van der Waals surface area contributed by atoms with Gasteiger partial charge in [0.15, 0.2) is 11.6 Å². The number of benzene rings is 2. The Hall–Kier alpha value is -3.36. The number of carbonyl (C=O) groups is 3. The van der Waals surface area contributed by atoms with Crippen LogP contribution in [-0.4, -0.2) is 29.0 Å². The van der Waals surface area contributed by atoms with Crippen molar-refractivity contribution in [3.8, 4) is 0 Å². The van der Waals surface area contributed by atoms with E-state index in [0.717, 1.165) is 0 Å². The molecule has 0 aliphatic carbocycles. The highest BCUT2D eigenvalue weighted by Gasteiger charge is 2.28. The molecule has 2 aromatic carbocycles. The Balaban J connectivity index is 2.10. The summed E-state index contributed by atoms with van der Waals surface area (Å²) in [7, 11) is 0. The fourth-order valence-electron chi connectivity index (χ4n) is 2.21.